The molecule has 0 spiro atoms. The van der Waals surface area contributed by atoms with Crippen molar-refractivity contribution in [3.63, 3.8) is 0 Å². The van der Waals surface area contributed by atoms with Gasteiger partial charge in [0, 0.05) is 23.8 Å². The van der Waals surface area contributed by atoms with Crippen LogP contribution in [0, 0.1) is 18.7 Å². The van der Waals surface area contributed by atoms with Gasteiger partial charge in [-0.05, 0) is 56.7 Å². The predicted octanol–water partition coefficient (Wildman–Crippen LogP) is 3.18. The Balaban J connectivity index is 2.02. The van der Waals surface area contributed by atoms with Crippen LogP contribution < -0.4 is 4.90 Å². The molecule has 2 fully saturated rings. The first-order valence-corrected chi connectivity index (χ1v) is 6.81. The highest BCUT2D eigenvalue weighted by molar-refractivity contribution is 5.58. The van der Waals surface area contributed by atoms with Crippen molar-refractivity contribution in [3.05, 3.63) is 29.1 Å². The third-order valence-corrected chi connectivity index (χ3v) is 4.48. The molecule has 1 aromatic carbocycles. The van der Waals surface area contributed by atoms with Gasteiger partial charge in [-0.3, -0.25) is 0 Å². The van der Waals surface area contributed by atoms with Gasteiger partial charge in [-0.25, -0.2) is 4.39 Å². The molecule has 2 aliphatic rings. The van der Waals surface area contributed by atoms with E-state index in [4.69, 9.17) is 0 Å². The van der Waals surface area contributed by atoms with Gasteiger partial charge in [0.05, 0.1) is 6.10 Å². The van der Waals surface area contributed by atoms with Gasteiger partial charge in [0.25, 0.3) is 0 Å². The monoisotopic (exact) mass is 249 g/mol. The summed E-state index contributed by atoms with van der Waals surface area (Å²) in [7, 11) is 0. The van der Waals surface area contributed by atoms with Crippen LogP contribution in [0.5, 0.6) is 0 Å². The maximum Gasteiger partial charge on any atom is 0.126 e. The fourth-order valence-electron chi connectivity index (χ4n) is 3.48. The lowest BCUT2D eigenvalue weighted by molar-refractivity contribution is 0.199. The van der Waals surface area contributed by atoms with E-state index in [1.165, 1.54) is 25.3 Å². The molecule has 3 atom stereocenters. The Kier molecular flexibility index (Phi) is 2.81. The van der Waals surface area contributed by atoms with E-state index in [2.05, 4.69) is 4.90 Å². The summed E-state index contributed by atoms with van der Waals surface area (Å²) in [5.74, 6) is 0.571. The summed E-state index contributed by atoms with van der Waals surface area (Å²) in [4.78, 5) is 2.38. The number of rotatable bonds is 2. The number of hydrogen-bond donors (Lipinski definition) is 1. The molecule has 3 heteroatoms. The molecule has 1 saturated carbocycles. The average Bonchev–Trinajstić information content (AvgIpc) is 2.93. The largest absolute Gasteiger partial charge is 0.389 e. The number of hydrogen-bond acceptors (Lipinski definition) is 2. The van der Waals surface area contributed by atoms with E-state index in [-0.39, 0.29) is 5.82 Å². The molecular formula is C15H20FNO. The highest BCUT2D eigenvalue weighted by Crippen LogP contribution is 2.42. The van der Waals surface area contributed by atoms with Crippen molar-refractivity contribution in [1.82, 2.24) is 0 Å². The van der Waals surface area contributed by atoms with Crippen LogP contribution in [-0.4, -0.2) is 17.7 Å². The fourth-order valence-corrected chi connectivity index (χ4v) is 3.48. The number of halogens is 1. The Morgan fingerprint density at radius 3 is 2.72 bits per heavy atom. The van der Waals surface area contributed by atoms with Gasteiger partial charge in [-0.2, -0.15) is 0 Å². The summed E-state index contributed by atoms with van der Waals surface area (Å²) in [6.45, 7) is 4.57. The van der Waals surface area contributed by atoms with Crippen molar-refractivity contribution in [2.75, 3.05) is 11.4 Å². The highest BCUT2D eigenvalue weighted by Gasteiger charge is 2.38. The number of piperidine rings is 1. The smallest absolute Gasteiger partial charge is 0.126 e. The summed E-state index contributed by atoms with van der Waals surface area (Å²) in [6.07, 6.45) is 3.20. The number of anilines is 1. The SMILES string of the molecule is Cc1cc(N2CC3CCC2C3)c([C@H](C)O)cc1F. The van der Waals surface area contributed by atoms with E-state index in [1.807, 2.05) is 6.07 Å². The minimum atomic E-state index is -0.616. The Hall–Kier alpha value is -1.09. The number of nitrogens with zero attached hydrogens (tertiary/aromatic N) is 1. The molecule has 1 aliphatic heterocycles. The third-order valence-electron chi connectivity index (χ3n) is 4.48. The molecule has 0 radical (unpaired) electrons. The lowest BCUT2D eigenvalue weighted by Crippen LogP contribution is -2.33. The van der Waals surface area contributed by atoms with Gasteiger partial charge in [0.2, 0.25) is 0 Å². The summed E-state index contributed by atoms with van der Waals surface area (Å²) in [6, 6.07) is 4.00. The van der Waals surface area contributed by atoms with Crippen LogP contribution in [0.15, 0.2) is 12.1 Å². The van der Waals surface area contributed by atoms with E-state index in [1.54, 1.807) is 13.8 Å². The molecule has 18 heavy (non-hydrogen) atoms. The van der Waals surface area contributed by atoms with Gasteiger partial charge < -0.3 is 10.0 Å². The maximum atomic E-state index is 13.7. The summed E-state index contributed by atoms with van der Waals surface area (Å²) in [5.41, 5.74) is 2.43. The van der Waals surface area contributed by atoms with E-state index in [9.17, 15) is 9.50 Å². The lowest BCUT2D eigenvalue weighted by Gasteiger charge is -2.32. The Morgan fingerprint density at radius 2 is 2.17 bits per heavy atom. The molecule has 2 unspecified atom stereocenters. The van der Waals surface area contributed by atoms with Gasteiger partial charge in [-0.15, -0.1) is 0 Å². The van der Waals surface area contributed by atoms with Crippen molar-refractivity contribution in [1.29, 1.82) is 0 Å². The second-order valence-corrected chi connectivity index (χ2v) is 5.82. The maximum absolute atomic E-state index is 13.7. The van der Waals surface area contributed by atoms with Gasteiger partial charge >= 0.3 is 0 Å². The molecule has 0 amide bonds. The molecule has 1 heterocycles. The molecule has 0 aromatic heterocycles. The molecule has 1 saturated heterocycles. The fraction of sp³-hybridized carbons (Fsp3) is 0.600. The van der Waals surface area contributed by atoms with Gasteiger partial charge in [0.15, 0.2) is 0 Å². The lowest BCUT2D eigenvalue weighted by atomic mass is 10.0. The minimum absolute atomic E-state index is 0.223. The number of benzene rings is 1. The minimum Gasteiger partial charge on any atom is -0.389 e. The number of aliphatic hydroxyl groups excluding tert-OH is 1. The first kappa shape index (κ1) is 12.0. The van der Waals surface area contributed by atoms with E-state index < -0.39 is 6.10 Å². The van der Waals surface area contributed by atoms with E-state index >= 15 is 0 Å². The topological polar surface area (TPSA) is 23.5 Å². The molecule has 2 nitrogen and oxygen atoms in total. The molecule has 1 aliphatic carbocycles. The molecule has 1 N–H and O–H groups in total. The Bertz CT molecular complexity index is 472. The summed E-state index contributed by atoms with van der Waals surface area (Å²) in [5, 5.41) is 9.86. The molecule has 1 aromatic rings. The summed E-state index contributed by atoms with van der Waals surface area (Å²) >= 11 is 0. The summed E-state index contributed by atoms with van der Waals surface area (Å²) < 4.78 is 13.7. The number of aryl methyl sites for hydroxylation is 1. The third kappa shape index (κ3) is 1.81. The van der Waals surface area contributed by atoms with Crippen molar-refractivity contribution in [2.45, 2.75) is 45.3 Å². The van der Waals surface area contributed by atoms with Crippen molar-refractivity contribution in [3.8, 4) is 0 Å². The molecule has 2 bridgehead atoms. The zero-order valence-electron chi connectivity index (χ0n) is 11.0. The average molecular weight is 249 g/mol. The van der Waals surface area contributed by atoms with Crippen LogP contribution >= 0.6 is 0 Å². The Labute approximate surface area is 107 Å². The van der Waals surface area contributed by atoms with Crippen molar-refractivity contribution >= 4 is 5.69 Å². The molecular weight excluding hydrogens is 229 g/mol. The molecule has 98 valence electrons. The first-order valence-electron chi connectivity index (χ1n) is 6.81. The normalized spacial score (nSPS) is 27.9. The first-order chi connectivity index (χ1) is 8.56. The second kappa shape index (κ2) is 4.23. The predicted molar refractivity (Wildman–Crippen MR) is 70.2 cm³/mol. The van der Waals surface area contributed by atoms with E-state index in [0.29, 0.717) is 11.6 Å². The number of aliphatic hydroxyl groups is 1. The van der Waals surface area contributed by atoms with E-state index in [0.717, 1.165) is 23.7 Å². The quantitative estimate of drug-likeness (QED) is 0.870. The van der Waals surface area contributed by atoms with Gasteiger partial charge in [0.1, 0.15) is 5.82 Å². The van der Waals surface area contributed by atoms with Crippen molar-refractivity contribution < 1.29 is 9.50 Å². The number of fused-ring (bicyclic) bond motifs is 2. The molecule has 3 rings (SSSR count). The highest BCUT2D eigenvalue weighted by atomic mass is 19.1. The van der Waals surface area contributed by atoms with Gasteiger partial charge in [-0.1, -0.05) is 0 Å². The van der Waals surface area contributed by atoms with Crippen LogP contribution in [0.25, 0.3) is 0 Å². The van der Waals surface area contributed by atoms with Crippen LogP contribution in [0.2, 0.25) is 0 Å². The zero-order valence-corrected chi connectivity index (χ0v) is 11.0. The van der Waals surface area contributed by atoms with Crippen LogP contribution in [-0.2, 0) is 0 Å². The Morgan fingerprint density at radius 1 is 1.39 bits per heavy atom. The zero-order chi connectivity index (χ0) is 12.9. The van der Waals surface area contributed by atoms with Crippen LogP contribution in [0.4, 0.5) is 10.1 Å². The van der Waals surface area contributed by atoms with Crippen molar-refractivity contribution in [2.24, 2.45) is 5.92 Å². The second-order valence-electron chi connectivity index (χ2n) is 5.82. The standard InChI is InChI=1S/C15H20FNO/c1-9-5-15(13(10(2)18)7-14(9)16)17-8-11-3-4-12(17)6-11/h5,7,10-12,18H,3-4,6,8H2,1-2H3/t10-,11?,12?/m0/s1. The van der Waals surface area contributed by atoms with Crippen LogP contribution in [0.1, 0.15) is 43.4 Å². The van der Waals surface area contributed by atoms with Crippen LogP contribution in [0.3, 0.4) is 0 Å².